The minimum Gasteiger partial charge on any atom is -0.317 e. The number of rotatable bonds is 2. The van der Waals surface area contributed by atoms with Crippen LogP contribution in [0.1, 0.15) is 24.6 Å². The molecule has 4 heterocycles. The first-order chi connectivity index (χ1) is 10.2. The average molecular weight is 289 g/mol. The summed E-state index contributed by atoms with van der Waals surface area (Å²) in [6.45, 7) is 3.69. The number of carbonyl (C=O) groups is 1. The van der Waals surface area contributed by atoms with Crippen molar-refractivity contribution in [1.82, 2.24) is 15.1 Å². The number of piperidine rings is 3. The molecule has 21 heavy (non-hydrogen) atoms. The van der Waals surface area contributed by atoms with E-state index in [-0.39, 0.29) is 17.9 Å². The van der Waals surface area contributed by atoms with Crippen LogP contribution in [0.25, 0.3) is 0 Å². The van der Waals surface area contributed by atoms with E-state index in [0.717, 1.165) is 25.2 Å². The van der Waals surface area contributed by atoms with Gasteiger partial charge in [0.1, 0.15) is 12.0 Å². The molecule has 4 fully saturated rings. The summed E-state index contributed by atoms with van der Waals surface area (Å²) < 4.78 is 13.1. The molecule has 1 amide bonds. The molecule has 1 N–H and O–H groups in total. The van der Waals surface area contributed by atoms with E-state index in [1.54, 1.807) is 12.1 Å². The van der Waals surface area contributed by atoms with E-state index in [1.807, 2.05) is 4.90 Å². The Labute approximate surface area is 123 Å². The van der Waals surface area contributed by atoms with Crippen LogP contribution in [-0.4, -0.2) is 47.9 Å². The minimum absolute atomic E-state index is 0.108. The molecule has 4 nitrogen and oxygen atoms in total. The fourth-order valence-electron chi connectivity index (χ4n) is 4.07. The monoisotopic (exact) mass is 289 g/mol. The van der Waals surface area contributed by atoms with Crippen molar-refractivity contribution in [2.75, 3.05) is 26.2 Å². The van der Waals surface area contributed by atoms with Gasteiger partial charge in [-0.3, -0.25) is 10.1 Å². The third kappa shape index (κ3) is 2.24. The first-order valence-corrected chi connectivity index (χ1v) is 7.75. The van der Waals surface area contributed by atoms with Gasteiger partial charge in [0.15, 0.2) is 0 Å². The second-order valence-electron chi connectivity index (χ2n) is 6.34. The zero-order chi connectivity index (χ0) is 14.4. The van der Waals surface area contributed by atoms with Crippen molar-refractivity contribution < 1.29 is 9.18 Å². The van der Waals surface area contributed by atoms with Gasteiger partial charge in [-0.1, -0.05) is 12.1 Å². The Kier molecular flexibility index (Phi) is 3.19. The second kappa shape index (κ2) is 5.07. The zero-order valence-corrected chi connectivity index (χ0v) is 12.0. The van der Waals surface area contributed by atoms with Crippen molar-refractivity contribution in [2.45, 2.75) is 25.0 Å². The second-order valence-corrected chi connectivity index (χ2v) is 6.34. The average Bonchev–Trinajstić information content (AvgIpc) is 2.91. The van der Waals surface area contributed by atoms with E-state index in [2.05, 4.69) is 10.2 Å². The topological polar surface area (TPSA) is 35.6 Å². The van der Waals surface area contributed by atoms with Gasteiger partial charge in [-0.15, -0.1) is 0 Å². The molecular weight excluding hydrogens is 269 g/mol. The number of fused-ring (bicyclic) bond motifs is 3. The van der Waals surface area contributed by atoms with E-state index >= 15 is 0 Å². The summed E-state index contributed by atoms with van der Waals surface area (Å²) in [5.41, 5.74) is 0.971. The van der Waals surface area contributed by atoms with E-state index < -0.39 is 0 Å². The Morgan fingerprint density at radius 1 is 1.14 bits per heavy atom. The molecule has 2 bridgehead atoms. The van der Waals surface area contributed by atoms with E-state index in [0.29, 0.717) is 18.5 Å². The Hall–Kier alpha value is -1.46. The number of nitrogens with zero attached hydrogens (tertiary/aromatic N) is 2. The molecule has 4 saturated heterocycles. The van der Waals surface area contributed by atoms with Gasteiger partial charge in [0, 0.05) is 12.6 Å². The number of halogens is 1. The maximum atomic E-state index is 13.1. The summed E-state index contributed by atoms with van der Waals surface area (Å²) in [5.74, 6) is 0.544. The van der Waals surface area contributed by atoms with Crippen LogP contribution >= 0.6 is 0 Å². The molecule has 0 radical (unpaired) electrons. The highest BCUT2D eigenvalue weighted by Gasteiger charge is 2.44. The van der Waals surface area contributed by atoms with Crippen LogP contribution in [-0.2, 0) is 4.79 Å². The van der Waals surface area contributed by atoms with Crippen LogP contribution in [0.3, 0.4) is 0 Å². The van der Waals surface area contributed by atoms with Crippen LogP contribution in [0, 0.1) is 11.7 Å². The largest absolute Gasteiger partial charge is 0.317 e. The van der Waals surface area contributed by atoms with Crippen molar-refractivity contribution in [3.63, 3.8) is 0 Å². The van der Waals surface area contributed by atoms with Gasteiger partial charge < -0.3 is 9.80 Å². The summed E-state index contributed by atoms with van der Waals surface area (Å²) in [4.78, 5) is 16.8. The van der Waals surface area contributed by atoms with Crippen LogP contribution in [0.15, 0.2) is 24.3 Å². The molecule has 0 saturated carbocycles. The molecule has 5 heteroatoms. The molecule has 4 aliphatic rings. The van der Waals surface area contributed by atoms with Crippen molar-refractivity contribution in [3.05, 3.63) is 35.6 Å². The third-order valence-electron chi connectivity index (χ3n) is 5.18. The SMILES string of the molecule is O=C1CNC(c2ccc(F)cc2)N1C1CN2CCC1CC2. The van der Waals surface area contributed by atoms with E-state index in [4.69, 9.17) is 0 Å². The summed E-state index contributed by atoms with van der Waals surface area (Å²) in [6.07, 6.45) is 2.26. The molecular formula is C16H20FN3O. The molecule has 4 aliphatic heterocycles. The first kappa shape index (κ1) is 13.2. The van der Waals surface area contributed by atoms with Gasteiger partial charge in [0.25, 0.3) is 0 Å². The number of carbonyl (C=O) groups excluding carboxylic acids is 1. The standard InChI is InChI=1S/C16H20FN3O/c17-13-3-1-12(2-4-13)16-18-9-15(21)20(16)14-10-19-7-5-11(14)6-8-19/h1-4,11,14,16,18H,5-10H2. The predicted molar refractivity (Wildman–Crippen MR) is 76.9 cm³/mol. The lowest BCUT2D eigenvalue weighted by molar-refractivity contribution is -0.135. The Balaban J connectivity index is 1.62. The highest BCUT2D eigenvalue weighted by atomic mass is 19.1. The van der Waals surface area contributed by atoms with Crippen molar-refractivity contribution in [3.8, 4) is 0 Å². The molecule has 0 aromatic heterocycles. The molecule has 5 rings (SSSR count). The molecule has 2 atom stereocenters. The molecule has 2 unspecified atom stereocenters. The normalized spacial score (nSPS) is 35.5. The van der Waals surface area contributed by atoms with E-state index in [1.165, 1.54) is 25.0 Å². The number of amides is 1. The van der Waals surface area contributed by atoms with Gasteiger partial charge >= 0.3 is 0 Å². The van der Waals surface area contributed by atoms with E-state index in [9.17, 15) is 9.18 Å². The maximum absolute atomic E-state index is 13.1. The molecule has 0 aliphatic carbocycles. The minimum atomic E-state index is -0.238. The van der Waals surface area contributed by atoms with Gasteiger partial charge in [-0.2, -0.15) is 0 Å². The molecule has 1 aromatic rings. The highest BCUT2D eigenvalue weighted by molar-refractivity contribution is 5.81. The van der Waals surface area contributed by atoms with Gasteiger partial charge in [-0.25, -0.2) is 4.39 Å². The fourth-order valence-corrected chi connectivity index (χ4v) is 4.07. The van der Waals surface area contributed by atoms with Crippen LogP contribution in [0.2, 0.25) is 0 Å². The van der Waals surface area contributed by atoms with Crippen LogP contribution < -0.4 is 5.32 Å². The lowest BCUT2D eigenvalue weighted by Gasteiger charge is -2.49. The van der Waals surface area contributed by atoms with Gasteiger partial charge in [-0.05, 0) is 49.5 Å². The lowest BCUT2D eigenvalue weighted by Crippen LogP contribution is -2.58. The van der Waals surface area contributed by atoms with Crippen molar-refractivity contribution in [2.24, 2.45) is 5.92 Å². The van der Waals surface area contributed by atoms with Gasteiger partial charge in [0.2, 0.25) is 5.91 Å². The Bertz CT molecular complexity index is 539. The number of hydrogen-bond acceptors (Lipinski definition) is 3. The first-order valence-electron chi connectivity index (χ1n) is 7.75. The zero-order valence-electron chi connectivity index (χ0n) is 12.0. The Morgan fingerprint density at radius 2 is 1.86 bits per heavy atom. The van der Waals surface area contributed by atoms with Crippen LogP contribution in [0.4, 0.5) is 4.39 Å². The molecule has 112 valence electrons. The smallest absolute Gasteiger partial charge is 0.238 e. The van der Waals surface area contributed by atoms with Crippen molar-refractivity contribution in [1.29, 1.82) is 0 Å². The van der Waals surface area contributed by atoms with Crippen LogP contribution in [0.5, 0.6) is 0 Å². The lowest BCUT2D eigenvalue weighted by atomic mass is 9.83. The fraction of sp³-hybridized carbons (Fsp3) is 0.562. The number of nitrogens with one attached hydrogen (secondary N) is 1. The highest BCUT2D eigenvalue weighted by Crippen LogP contribution is 2.36. The predicted octanol–water partition coefficient (Wildman–Crippen LogP) is 1.35. The van der Waals surface area contributed by atoms with Gasteiger partial charge in [0.05, 0.1) is 6.54 Å². The number of benzene rings is 1. The summed E-state index contributed by atoms with van der Waals surface area (Å²) >= 11 is 0. The Morgan fingerprint density at radius 3 is 2.48 bits per heavy atom. The quantitative estimate of drug-likeness (QED) is 0.893. The maximum Gasteiger partial charge on any atom is 0.238 e. The summed E-state index contributed by atoms with van der Waals surface area (Å²) in [5, 5.41) is 3.28. The number of hydrogen-bond donors (Lipinski definition) is 1. The molecule has 0 spiro atoms. The molecule has 1 aromatic carbocycles. The third-order valence-corrected chi connectivity index (χ3v) is 5.18. The summed E-state index contributed by atoms with van der Waals surface area (Å²) in [6, 6.07) is 6.79. The summed E-state index contributed by atoms with van der Waals surface area (Å²) in [7, 11) is 0. The van der Waals surface area contributed by atoms with Crippen molar-refractivity contribution >= 4 is 5.91 Å².